The molecule has 0 atom stereocenters. The van der Waals surface area contributed by atoms with Crippen LogP contribution in [0.4, 0.5) is 0 Å². The van der Waals surface area contributed by atoms with Crippen molar-refractivity contribution >= 4 is 15.9 Å². The smallest absolute Gasteiger partial charge is 0.253 e. The summed E-state index contributed by atoms with van der Waals surface area (Å²) in [7, 11) is -3.62. The molecule has 1 saturated heterocycles. The van der Waals surface area contributed by atoms with Crippen LogP contribution in [0.15, 0.2) is 53.4 Å². The van der Waals surface area contributed by atoms with Gasteiger partial charge in [-0.05, 0) is 49.6 Å². The summed E-state index contributed by atoms with van der Waals surface area (Å²) in [5.41, 5.74) is 2.57. The van der Waals surface area contributed by atoms with Crippen LogP contribution in [0.1, 0.15) is 47.2 Å². The first kappa shape index (κ1) is 19.6. The fraction of sp³-hybridized carbons (Fsp3) is 0.381. The first-order valence-corrected chi connectivity index (χ1v) is 10.9. The zero-order chi connectivity index (χ0) is 19.3. The number of carbonyl (C=O) groups excluding carboxylic acids is 1. The number of carbonyl (C=O) groups is 1. The van der Waals surface area contributed by atoms with E-state index in [1.807, 2.05) is 36.1 Å². The monoisotopic (exact) mass is 386 g/mol. The molecule has 3 rings (SSSR count). The molecule has 1 heterocycles. The number of hydrogen-bond acceptors (Lipinski definition) is 3. The summed E-state index contributed by atoms with van der Waals surface area (Å²) in [6.45, 7) is 3.77. The van der Waals surface area contributed by atoms with Crippen molar-refractivity contribution in [1.29, 1.82) is 0 Å². The van der Waals surface area contributed by atoms with Gasteiger partial charge in [0.1, 0.15) is 0 Å². The number of rotatable bonds is 5. The largest absolute Gasteiger partial charge is 0.339 e. The maximum absolute atomic E-state index is 12.6. The van der Waals surface area contributed by atoms with Gasteiger partial charge in [-0.2, -0.15) is 0 Å². The molecule has 1 aliphatic heterocycles. The number of likely N-dealkylation sites (tertiary alicyclic amines) is 1. The molecule has 5 nitrogen and oxygen atoms in total. The summed E-state index contributed by atoms with van der Waals surface area (Å²) in [5.74, 6) is -0.0199. The van der Waals surface area contributed by atoms with E-state index in [0.717, 1.165) is 49.9 Å². The minimum atomic E-state index is -3.62. The highest BCUT2D eigenvalue weighted by Gasteiger charge is 2.19. The minimum absolute atomic E-state index is 0.0199. The molecule has 0 aliphatic carbocycles. The van der Waals surface area contributed by atoms with Crippen molar-refractivity contribution in [3.63, 3.8) is 0 Å². The van der Waals surface area contributed by atoms with Gasteiger partial charge in [0.25, 0.3) is 5.91 Å². The Morgan fingerprint density at radius 2 is 1.52 bits per heavy atom. The standard InChI is InChI=1S/C21H26N2O3S/c1-17-6-8-18(9-7-17)16-22-27(25,26)20-12-10-19(11-13-20)21(24)23-14-4-2-3-5-15-23/h6-13,22H,2-5,14-16H2,1H3. The van der Waals surface area contributed by atoms with Gasteiger partial charge >= 0.3 is 0 Å². The molecule has 1 amide bonds. The zero-order valence-electron chi connectivity index (χ0n) is 15.6. The fourth-order valence-electron chi connectivity index (χ4n) is 3.20. The first-order valence-electron chi connectivity index (χ1n) is 9.40. The Hall–Kier alpha value is -2.18. The summed E-state index contributed by atoms with van der Waals surface area (Å²) in [6, 6.07) is 13.9. The van der Waals surface area contributed by atoms with E-state index >= 15 is 0 Å². The molecule has 0 saturated carbocycles. The van der Waals surface area contributed by atoms with Gasteiger partial charge in [0.05, 0.1) is 4.90 Å². The summed E-state index contributed by atoms with van der Waals surface area (Å²) < 4.78 is 27.6. The molecular formula is C21H26N2O3S. The van der Waals surface area contributed by atoms with E-state index in [-0.39, 0.29) is 17.3 Å². The number of aryl methyl sites for hydroxylation is 1. The van der Waals surface area contributed by atoms with Gasteiger partial charge < -0.3 is 4.90 Å². The predicted molar refractivity (Wildman–Crippen MR) is 106 cm³/mol. The number of hydrogen-bond donors (Lipinski definition) is 1. The van der Waals surface area contributed by atoms with Crippen molar-refractivity contribution in [3.8, 4) is 0 Å². The molecule has 0 unspecified atom stereocenters. The highest BCUT2D eigenvalue weighted by atomic mass is 32.2. The third-order valence-electron chi connectivity index (χ3n) is 4.89. The lowest BCUT2D eigenvalue weighted by molar-refractivity contribution is 0.0761. The van der Waals surface area contributed by atoms with Crippen LogP contribution in [0.5, 0.6) is 0 Å². The van der Waals surface area contributed by atoms with Gasteiger partial charge in [0, 0.05) is 25.2 Å². The quantitative estimate of drug-likeness (QED) is 0.855. The van der Waals surface area contributed by atoms with E-state index in [1.165, 1.54) is 12.1 Å². The molecule has 1 N–H and O–H groups in total. The maximum Gasteiger partial charge on any atom is 0.253 e. The second-order valence-electron chi connectivity index (χ2n) is 7.04. The van der Waals surface area contributed by atoms with Gasteiger partial charge in [-0.1, -0.05) is 42.7 Å². The van der Waals surface area contributed by atoms with Gasteiger partial charge in [0.2, 0.25) is 10.0 Å². The topological polar surface area (TPSA) is 66.5 Å². The van der Waals surface area contributed by atoms with Crippen molar-refractivity contribution in [2.24, 2.45) is 0 Å². The van der Waals surface area contributed by atoms with Crippen LogP contribution in [-0.4, -0.2) is 32.3 Å². The molecule has 2 aromatic rings. The second-order valence-corrected chi connectivity index (χ2v) is 8.81. The third-order valence-corrected chi connectivity index (χ3v) is 6.31. The van der Waals surface area contributed by atoms with Crippen LogP contribution in [0.25, 0.3) is 0 Å². The molecular weight excluding hydrogens is 360 g/mol. The molecule has 0 spiro atoms. The van der Waals surface area contributed by atoms with Crippen LogP contribution in [0, 0.1) is 6.92 Å². The average Bonchev–Trinajstić information content (AvgIpc) is 2.97. The lowest BCUT2D eigenvalue weighted by Crippen LogP contribution is -2.31. The number of sulfonamides is 1. The van der Waals surface area contributed by atoms with E-state index in [0.29, 0.717) is 5.56 Å². The predicted octanol–water partition coefficient (Wildman–Crippen LogP) is 3.49. The highest BCUT2D eigenvalue weighted by molar-refractivity contribution is 7.89. The summed E-state index contributed by atoms with van der Waals surface area (Å²) in [6.07, 6.45) is 4.38. The van der Waals surface area contributed by atoms with Gasteiger partial charge in [-0.25, -0.2) is 13.1 Å². The van der Waals surface area contributed by atoms with Crippen molar-refractivity contribution < 1.29 is 13.2 Å². The highest BCUT2D eigenvalue weighted by Crippen LogP contribution is 2.16. The van der Waals surface area contributed by atoms with Crippen LogP contribution < -0.4 is 4.72 Å². The maximum atomic E-state index is 12.6. The molecule has 6 heteroatoms. The number of nitrogens with one attached hydrogen (secondary N) is 1. The summed E-state index contributed by atoms with van der Waals surface area (Å²) >= 11 is 0. The van der Waals surface area contributed by atoms with E-state index < -0.39 is 10.0 Å². The van der Waals surface area contributed by atoms with Crippen molar-refractivity contribution in [2.45, 2.75) is 44.0 Å². The fourth-order valence-corrected chi connectivity index (χ4v) is 4.22. The number of benzene rings is 2. The molecule has 0 aromatic heterocycles. The van der Waals surface area contributed by atoms with E-state index in [2.05, 4.69) is 4.72 Å². The van der Waals surface area contributed by atoms with Gasteiger partial charge in [-0.15, -0.1) is 0 Å². The van der Waals surface area contributed by atoms with Crippen LogP contribution >= 0.6 is 0 Å². The van der Waals surface area contributed by atoms with Crippen LogP contribution in [-0.2, 0) is 16.6 Å². The zero-order valence-corrected chi connectivity index (χ0v) is 16.5. The van der Waals surface area contributed by atoms with E-state index in [9.17, 15) is 13.2 Å². The average molecular weight is 387 g/mol. The van der Waals surface area contributed by atoms with Gasteiger partial charge in [0.15, 0.2) is 0 Å². The molecule has 2 aromatic carbocycles. The van der Waals surface area contributed by atoms with E-state index in [4.69, 9.17) is 0 Å². The molecule has 144 valence electrons. The normalized spacial score (nSPS) is 15.4. The Kier molecular flexibility index (Phi) is 6.29. The van der Waals surface area contributed by atoms with Crippen molar-refractivity contribution in [1.82, 2.24) is 9.62 Å². The second kappa shape index (κ2) is 8.67. The lowest BCUT2D eigenvalue weighted by atomic mass is 10.2. The van der Waals surface area contributed by atoms with Crippen molar-refractivity contribution in [3.05, 3.63) is 65.2 Å². The Balaban J connectivity index is 1.66. The van der Waals surface area contributed by atoms with Crippen LogP contribution in [0.3, 0.4) is 0 Å². The minimum Gasteiger partial charge on any atom is -0.339 e. The molecule has 1 fully saturated rings. The molecule has 1 aliphatic rings. The van der Waals surface area contributed by atoms with Gasteiger partial charge in [-0.3, -0.25) is 4.79 Å². The first-order chi connectivity index (χ1) is 13.0. The van der Waals surface area contributed by atoms with Crippen molar-refractivity contribution in [2.75, 3.05) is 13.1 Å². The summed E-state index contributed by atoms with van der Waals surface area (Å²) in [4.78, 5) is 14.6. The Morgan fingerprint density at radius 3 is 2.11 bits per heavy atom. The lowest BCUT2D eigenvalue weighted by Gasteiger charge is -2.20. The van der Waals surface area contributed by atoms with Crippen LogP contribution in [0.2, 0.25) is 0 Å². The van der Waals surface area contributed by atoms with E-state index in [1.54, 1.807) is 12.1 Å². The molecule has 0 radical (unpaired) electrons. The third kappa shape index (κ3) is 5.17. The SMILES string of the molecule is Cc1ccc(CNS(=O)(=O)c2ccc(C(=O)N3CCCCCC3)cc2)cc1. The number of amides is 1. The Labute approximate surface area is 161 Å². The Bertz CT molecular complexity index is 867. The Morgan fingerprint density at radius 1 is 0.926 bits per heavy atom. The molecule has 27 heavy (non-hydrogen) atoms. The molecule has 0 bridgehead atoms. The summed E-state index contributed by atoms with van der Waals surface area (Å²) in [5, 5.41) is 0. The number of nitrogens with zero attached hydrogens (tertiary/aromatic N) is 1.